The molecule has 1 aliphatic carbocycles. The number of rotatable bonds is 5. The second kappa shape index (κ2) is 5.31. The van der Waals surface area contributed by atoms with Crippen molar-refractivity contribution in [2.24, 2.45) is 11.3 Å². The van der Waals surface area contributed by atoms with Gasteiger partial charge in [-0.15, -0.1) is 0 Å². The molecule has 2 nitrogen and oxygen atoms in total. The van der Waals surface area contributed by atoms with Gasteiger partial charge in [-0.25, -0.2) is 0 Å². The Hall–Kier alpha value is -0.0800. The van der Waals surface area contributed by atoms with Gasteiger partial charge in [0.05, 0.1) is 12.2 Å². The lowest BCUT2D eigenvalue weighted by atomic mass is 9.77. The van der Waals surface area contributed by atoms with Crippen LogP contribution in [0.4, 0.5) is 0 Å². The number of hydrogen-bond donors (Lipinski definition) is 1. The van der Waals surface area contributed by atoms with E-state index in [9.17, 15) is 5.11 Å². The number of ether oxygens (including phenoxy) is 1. The first-order chi connectivity index (χ1) is 6.95. The SMILES string of the molecule is CCOC(C(O)CC1CCC1)C(C)(C)C. The molecule has 0 bridgehead atoms. The fourth-order valence-corrected chi connectivity index (χ4v) is 2.31. The average Bonchev–Trinajstić information content (AvgIpc) is 2.05. The zero-order valence-corrected chi connectivity index (χ0v) is 10.6. The Balaban J connectivity index is 2.45. The van der Waals surface area contributed by atoms with Crippen molar-refractivity contribution < 1.29 is 9.84 Å². The molecular weight excluding hydrogens is 188 g/mol. The molecule has 1 fully saturated rings. The summed E-state index contributed by atoms with van der Waals surface area (Å²) < 4.78 is 5.69. The van der Waals surface area contributed by atoms with Crippen LogP contribution in [0.5, 0.6) is 0 Å². The number of hydrogen-bond acceptors (Lipinski definition) is 2. The van der Waals surface area contributed by atoms with E-state index in [1.165, 1.54) is 19.3 Å². The Kier molecular flexibility index (Phi) is 4.60. The highest BCUT2D eigenvalue weighted by molar-refractivity contribution is 4.84. The van der Waals surface area contributed by atoms with Gasteiger partial charge in [0, 0.05) is 6.61 Å². The van der Waals surface area contributed by atoms with E-state index in [2.05, 4.69) is 20.8 Å². The third-order valence-electron chi connectivity index (χ3n) is 3.35. The predicted octanol–water partition coefficient (Wildman–Crippen LogP) is 2.99. The summed E-state index contributed by atoms with van der Waals surface area (Å²) in [6.45, 7) is 9.09. The second-order valence-corrected chi connectivity index (χ2v) is 5.84. The lowest BCUT2D eigenvalue weighted by molar-refractivity contribution is -0.0975. The summed E-state index contributed by atoms with van der Waals surface area (Å²) in [5.41, 5.74) is 0.0270. The largest absolute Gasteiger partial charge is 0.390 e. The van der Waals surface area contributed by atoms with Crippen molar-refractivity contribution in [3.63, 3.8) is 0 Å². The molecule has 0 radical (unpaired) electrons. The van der Waals surface area contributed by atoms with Crippen LogP contribution in [0.25, 0.3) is 0 Å². The molecule has 2 atom stereocenters. The minimum Gasteiger partial charge on any atom is -0.390 e. The second-order valence-electron chi connectivity index (χ2n) is 5.84. The normalized spacial score (nSPS) is 22.2. The fraction of sp³-hybridized carbons (Fsp3) is 1.00. The van der Waals surface area contributed by atoms with Crippen molar-refractivity contribution in [2.45, 2.75) is 65.6 Å². The van der Waals surface area contributed by atoms with Gasteiger partial charge < -0.3 is 9.84 Å². The van der Waals surface area contributed by atoms with Gasteiger partial charge in [0.1, 0.15) is 0 Å². The first-order valence-electron chi connectivity index (χ1n) is 6.24. The highest BCUT2D eigenvalue weighted by Crippen LogP contribution is 2.34. The van der Waals surface area contributed by atoms with Crippen LogP contribution in [0.2, 0.25) is 0 Å². The van der Waals surface area contributed by atoms with Gasteiger partial charge in [-0.1, -0.05) is 40.0 Å². The summed E-state index contributed by atoms with van der Waals surface area (Å²) in [5.74, 6) is 0.741. The smallest absolute Gasteiger partial charge is 0.0881 e. The van der Waals surface area contributed by atoms with Gasteiger partial charge in [0.25, 0.3) is 0 Å². The summed E-state index contributed by atoms with van der Waals surface area (Å²) >= 11 is 0. The summed E-state index contributed by atoms with van der Waals surface area (Å²) in [6.07, 6.45) is 4.52. The Labute approximate surface area is 94.0 Å². The molecule has 0 aliphatic heterocycles. The van der Waals surface area contributed by atoms with E-state index in [1.807, 2.05) is 6.92 Å². The molecule has 0 heterocycles. The van der Waals surface area contributed by atoms with Crippen LogP contribution in [-0.2, 0) is 4.74 Å². The fourth-order valence-electron chi connectivity index (χ4n) is 2.31. The highest BCUT2D eigenvalue weighted by Gasteiger charge is 2.34. The maximum absolute atomic E-state index is 10.2. The Morgan fingerprint density at radius 2 is 1.93 bits per heavy atom. The van der Waals surface area contributed by atoms with E-state index in [4.69, 9.17) is 4.74 Å². The molecule has 15 heavy (non-hydrogen) atoms. The van der Waals surface area contributed by atoms with Gasteiger partial charge in [0.15, 0.2) is 0 Å². The van der Waals surface area contributed by atoms with E-state index < -0.39 is 0 Å². The monoisotopic (exact) mass is 214 g/mol. The quantitative estimate of drug-likeness (QED) is 0.762. The molecule has 0 saturated heterocycles. The summed E-state index contributed by atoms with van der Waals surface area (Å²) in [4.78, 5) is 0. The Bertz CT molecular complexity index is 179. The summed E-state index contributed by atoms with van der Waals surface area (Å²) in [5, 5.41) is 10.2. The van der Waals surface area contributed by atoms with Crippen molar-refractivity contribution in [3.8, 4) is 0 Å². The average molecular weight is 214 g/mol. The van der Waals surface area contributed by atoms with Crippen molar-refractivity contribution in [1.29, 1.82) is 0 Å². The van der Waals surface area contributed by atoms with Crippen molar-refractivity contribution in [2.75, 3.05) is 6.61 Å². The maximum Gasteiger partial charge on any atom is 0.0881 e. The Morgan fingerprint density at radius 3 is 2.27 bits per heavy atom. The summed E-state index contributed by atoms with van der Waals surface area (Å²) in [6, 6.07) is 0. The third kappa shape index (κ3) is 3.76. The molecule has 1 aliphatic rings. The van der Waals surface area contributed by atoms with Crippen LogP contribution in [0.1, 0.15) is 53.4 Å². The molecule has 0 spiro atoms. The van der Waals surface area contributed by atoms with E-state index >= 15 is 0 Å². The van der Waals surface area contributed by atoms with E-state index in [1.54, 1.807) is 0 Å². The summed E-state index contributed by atoms with van der Waals surface area (Å²) in [7, 11) is 0. The molecule has 0 aromatic heterocycles. The molecule has 90 valence electrons. The molecule has 1 saturated carbocycles. The van der Waals surface area contributed by atoms with Gasteiger partial charge in [0.2, 0.25) is 0 Å². The van der Waals surface area contributed by atoms with E-state index in [-0.39, 0.29) is 17.6 Å². The standard InChI is InChI=1S/C13H26O2/c1-5-15-12(13(2,3)4)11(14)9-10-7-6-8-10/h10-12,14H,5-9H2,1-4H3. The third-order valence-corrected chi connectivity index (χ3v) is 3.35. The number of aliphatic hydroxyl groups excluding tert-OH is 1. The van der Waals surface area contributed by atoms with Gasteiger partial charge in [-0.05, 0) is 24.7 Å². The highest BCUT2D eigenvalue weighted by atomic mass is 16.5. The van der Waals surface area contributed by atoms with Crippen LogP contribution in [0.3, 0.4) is 0 Å². The van der Waals surface area contributed by atoms with Crippen LogP contribution in [0.15, 0.2) is 0 Å². The van der Waals surface area contributed by atoms with Crippen molar-refractivity contribution in [3.05, 3.63) is 0 Å². The minimum absolute atomic E-state index is 0.0249. The van der Waals surface area contributed by atoms with Gasteiger partial charge >= 0.3 is 0 Å². The van der Waals surface area contributed by atoms with Crippen LogP contribution in [0, 0.1) is 11.3 Å². The molecule has 0 aromatic rings. The van der Waals surface area contributed by atoms with Crippen LogP contribution >= 0.6 is 0 Å². The van der Waals surface area contributed by atoms with Crippen molar-refractivity contribution >= 4 is 0 Å². The van der Waals surface area contributed by atoms with Gasteiger partial charge in [-0.2, -0.15) is 0 Å². The predicted molar refractivity (Wildman–Crippen MR) is 62.8 cm³/mol. The first-order valence-corrected chi connectivity index (χ1v) is 6.24. The molecule has 1 rings (SSSR count). The molecule has 0 aromatic carbocycles. The van der Waals surface area contributed by atoms with E-state index in [0.29, 0.717) is 6.61 Å². The lowest BCUT2D eigenvalue weighted by Gasteiger charge is -2.37. The van der Waals surface area contributed by atoms with Crippen LogP contribution < -0.4 is 0 Å². The Morgan fingerprint density at radius 1 is 1.33 bits per heavy atom. The van der Waals surface area contributed by atoms with Gasteiger partial charge in [-0.3, -0.25) is 0 Å². The molecule has 1 N–H and O–H groups in total. The molecule has 2 heteroatoms. The lowest BCUT2D eigenvalue weighted by Crippen LogP contribution is -2.41. The van der Waals surface area contributed by atoms with Crippen molar-refractivity contribution in [1.82, 2.24) is 0 Å². The maximum atomic E-state index is 10.2. The molecular formula is C13H26O2. The minimum atomic E-state index is -0.296. The molecule has 2 unspecified atom stereocenters. The zero-order valence-electron chi connectivity index (χ0n) is 10.6. The zero-order chi connectivity index (χ0) is 11.5. The molecule has 0 amide bonds. The topological polar surface area (TPSA) is 29.5 Å². The van der Waals surface area contributed by atoms with Crippen LogP contribution in [-0.4, -0.2) is 23.9 Å². The first kappa shape index (κ1) is 13.0. The number of aliphatic hydroxyl groups is 1. The van der Waals surface area contributed by atoms with E-state index in [0.717, 1.165) is 12.3 Å².